The Hall–Kier alpha value is -2.83. The normalized spacial score (nSPS) is 17.3. The van der Waals surface area contributed by atoms with Gasteiger partial charge in [-0.15, -0.1) is 0 Å². The van der Waals surface area contributed by atoms with Gasteiger partial charge < -0.3 is 10.2 Å². The van der Waals surface area contributed by atoms with E-state index in [1.807, 2.05) is 12.1 Å². The zero-order chi connectivity index (χ0) is 19.1. The summed E-state index contributed by atoms with van der Waals surface area (Å²) in [6, 6.07) is 8.15. The first kappa shape index (κ1) is 18.9. The van der Waals surface area contributed by atoms with Crippen molar-refractivity contribution in [2.45, 2.75) is 44.6 Å². The van der Waals surface area contributed by atoms with Gasteiger partial charge in [0.2, 0.25) is 0 Å². The Morgan fingerprint density at radius 2 is 1.56 bits per heavy atom. The molecule has 3 N–H and O–H groups in total. The van der Waals surface area contributed by atoms with Crippen LogP contribution in [0.25, 0.3) is 6.08 Å². The predicted molar refractivity (Wildman–Crippen MR) is 104 cm³/mol. The van der Waals surface area contributed by atoms with Gasteiger partial charge in [0.25, 0.3) is 5.91 Å². The second-order valence-corrected chi connectivity index (χ2v) is 7.02. The number of hydrogen-bond acceptors (Lipinski definition) is 4. The fraction of sp³-hybridized carbons (Fsp3) is 0.450. The fourth-order valence-corrected chi connectivity index (χ4v) is 2.99. The topological polar surface area (TPSA) is 90.5 Å². The monoisotopic (exact) mass is 370 g/mol. The Bertz CT molecular complexity index is 702. The van der Waals surface area contributed by atoms with Crippen molar-refractivity contribution in [2.24, 2.45) is 0 Å². The van der Waals surface area contributed by atoms with Crippen molar-refractivity contribution in [1.82, 2.24) is 16.2 Å². The predicted octanol–water partition coefficient (Wildman–Crippen LogP) is 1.51. The molecule has 1 aliphatic heterocycles. The molecule has 0 radical (unpaired) electrons. The van der Waals surface area contributed by atoms with Crippen LogP contribution in [0.4, 0.5) is 5.69 Å². The molecule has 0 unspecified atom stereocenters. The van der Waals surface area contributed by atoms with E-state index in [2.05, 4.69) is 33.2 Å². The molecule has 3 rings (SSSR count). The maximum Gasteiger partial charge on any atom is 0.327 e. The number of anilines is 1. The molecule has 2 fully saturated rings. The number of carbonyl (C=O) groups excluding carboxylic acids is 3. The first-order valence-corrected chi connectivity index (χ1v) is 9.56. The van der Waals surface area contributed by atoms with Crippen LogP contribution in [0.15, 0.2) is 30.3 Å². The fourth-order valence-electron chi connectivity index (χ4n) is 2.99. The number of rotatable bonds is 4. The van der Waals surface area contributed by atoms with Crippen LogP contribution in [-0.4, -0.2) is 36.9 Å². The van der Waals surface area contributed by atoms with E-state index in [0.717, 1.165) is 31.5 Å². The lowest BCUT2D eigenvalue weighted by Gasteiger charge is -2.22. The van der Waals surface area contributed by atoms with Crippen molar-refractivity contribution in [3.8, 4) is 0 Å². The molecule has 144 valence electrons. The van der Waals surface area contributed by atoms with Gasteiger partial charge in [-0.2, -0.15) is 0 Å². The van der Waals surface area contributed by atoms with Gasteiger partial charge in [-0.25, -0.2) is 0 Å². The number of carbonyl (C=O) groups is 3. The van der Waals surface area contributed by atoms with E-state index in [-0.39, 0.29) is 6.04 Å². The van der Waals surface area contributed by atoms with Crippen LogP contribution in [0.1, 0.15) is 44.1 Å². The van der Waals surface area contributed by atoms with Crippen molar-refractivity contribution in [3.05, 3.63) is 35.9 Å². The first-order chi connectivity index (χ1) is 13.1. The third-order valence-electron chi connectivity index (χ3n) is 4.71. The minimum absolute atomic E-state index is 0.0936. The van der Waals surface area contributed by atoms with Gasteiger partial charge in [-0.3, -0.25) is 25.2 Å². The molecule has 1 aromatic rings. The lowest BCUT2D eigenvalue weighted by Crippen LogP contribution is -2.48. The van der Waals surface area contributed by atoms with E-state index in [1.54, 1.807) is 6.08 Å². The van der Waals surface area contributed by atoms with E-state index in [9.17, 15) is 14.4 Å². The van der Waals surface area contributed by atoms with E-state index in [0.29, 0.717) is 0 Å². The van der Waals surface area contributed by atoms with Crippen LogP contribution < -0.4 is 21.1 Å². The number of hydrazine groups is 1. The minimum Gasteiger partial charge on any atom is -0.372 e. The van der Waals surface area contributed by atoms with Gasteiger partial charge in [0.15, 0.2) is 0 Å². The molecule has 0 aromatic heterocycles. The highest BCUT2D eigenvalue weighted by Gasteiger charge is 2.26. The van der Waals surface area contributed by atoms with Crippen LogP contribution in [-0.2, 0) is 14.4 Å². The maximum absolute atomic E-state index is 11.8. The van der Waals surface area contributed by atoms with Gasteiger partial charge in [-0.05, 0) is 49.5 Å². The number of amides is 3. The van der Waals surface area contributed by atoms with Crippen molar-refractivity contribution in [2.75, 3.05) is 18.0 Å². The molecule has 1 saturated heterocycles. The first-order valence-electron chi connectivity index (χ1n) is 9.56. The molecule has 1 heterocycles. The van der Waals surface area contributed by atoms with Gasteiger partial charge in [0.1, 0.15) is 0 Å². The zero-order valence-corrected chi connectivity index (χ0v) is 15.4. The maximum atomic E-state index is 11.8. The summed E-state index contributed by atoms with van der Waals surface area (Å²) in [5.74, 6) is -2.10. The molecular weight excluding hydrogens is 344 g/mol. The van der Waals surface area contributed by atoms with Crippen LogP contribution in [0.3, 0.4) is 0 Å². The number of benzene rings is 1. The van der Waals surface area contributed by atoms with Crippen molar-refractivity contribution < 1.29 is 14.4 Å². The van der Waals surface area contributed by atoms with E-state index in [4.69, 9.17) is 0 Å². The molecule has 1 aliphatic carbocycles. The summed E-state index contributed by atoms with van der Waals surface area (Å²) in [5.41, 5.74) is 6.40. The smallest absolute Gasteiger partial charge is 0.327 e. The number of nitrogens with one attached hydrogen (secondary N) is 3. The largest absolute Gasteiger partial charge is 0.372 e. The standard InChI is InChI=1S/C20H26N4O3/c25-18(22-23-20(27)19(26)21-16-8-9-16)12-7-15-5-10-17(11-6-15)24-13-3-1-2-4-14-24/h5-7,10-12,16H,1-4,8-9,13-14H2,(H,21,26)(H,22,25)(H,23,27)/b12-7+. The Kier molecular flexibility index (Phi) is 6.46. The zero-order valence-electron chi connectivity index (χ0n) is 15.4. The van der Waals surface area contributed by atoms with Gasteiger partial charge in [0, 0.05) is 30.9 Å². The molecule has 3 amide bonds. The van der Waals surface area contributed by atoms with Gasteiger partial charge in [-0.1, -0.05) is 25.0 Å². The summed E-state index contributed by atoms with van der Waals surface area (Å²) in [5, 5.41) is 2.55. The van der Waals surface area contributed by atoms with Gasteiger partial charge in [0.05, 0.1) is 0 Å². The van der Waals surface area contributed by atoms with Crippen LogP contribution in [0.5, 0.6) is 0 Å². The highest BCUT2D eigenvalue weighted by atomic mass is 16.2. The van der Waals surface area contributed by atoms with E-state index < -0.39 is 17.7 Å². The Balaban J connectivity index is 1.44. The molecule has 7 heteroatoms. The molecular formula is C20H26N4O3. The molecule has 1 saturated carbocycles. The molecule has 0 bridgehead atoms. The summed E-state index contributed by atoms with van der Waals surface area (Å²) >= 11 is 0. The molecule has 0 atom stereocenters. The SMILES string of the molecule is O=C(/C=C/c1ccc(N2CCCCCC2)cc1)NNC(=O)C(=O)NC1CC1. The highest BCUT2D eigenvalue weighted by molar-refractivity contribution is 6.35. The minimum atomic E-state index is -0.870. The summed E-state index contributed by atoms with van der Waals surface area (Å²) in [7, 11) is 0. The van der Waals surface area contributed by atoms with Crippen molar-refractivity contribution in [3.63, 3.8) is 0 Å². The molecule has 1 aromatic carbocycles. The average Bonchev–Trinajstić information content (AvgIpc) is 3.51. The summed E-state index contributed by atoms with van der Waals surface area (Å²) < 4.78 is 0. The Morgan fingerprint density at radius 3 is 2.19 bits per heavy atom. The third-order valence-corrected chi connectivity index (χ3v) is 4.71. The summed E-state index contributed by atoms with van der Waals surface area (Å²) in [4.78, 5) is 37.2. The summed E-state index contributed by atoms with van der Waals surface area (Å²) in [6.07, 6.45) is 9.82. The number of nitrogens with zero attached hydrogens (tertiary/aromatic N) is 1. The van der Waals surface area contributed by atoms with Crippen LogP contribution in [0, 0.1) is 0 Å². The highest BCUT2D eigenvalue weighted by Crippen LogP contribution is 2.20. The third kappa shape index (κ3) is 6.13. The quantitative estimate of drug-likeness (QED) is 0.426. The number of hydrogen-bond donors (Lipinski definition) is 3. The van der Waals surface area contributed by atoms with E-state index >= 15 is 0 Å². The average molecular weight is 370 g/mol. The second-order valence-electron chi connectivity index (χ2n) is 7.02. The van der Waals surface area contributed by atoms with Crippen LogP contribution in [0.2, 0.25) is 0 Å². The van der Waals surface area contributed by atoms with E-state index in [1.165, 1.54) is 37.4 Å². The second kappa shape index (κ2) is 9.21. The molecule has 7 nitrogen and oxygen atoms in total. The molecule has 2 aliphatic rings. The Morgan fingerprint density at radius 1 is 0.889 bits per heavy atom. The van der Waals surface area contributed by atoms with Crippen LogP contribution >= 0.6 is 0 Å². The summed E-state index contributed by atoms with van der Waals surface area (Å²) in [6.45, 7) is 2.18. The Labute approximate surface area is 159 Å². The van der Waals surface area contributed by atoms with Crippen molar-refractivity contribution in [1.29, 1.82) is 0 Å². The molecule has 27 heavy (non-hydrogen) atoms. The molecule has 0 spiro atoms. The lowest BCUT2D eigenvalue weighted by molar-refractivity contribution is -0.140. The van der Waals surface area contributed by atoms with Crippen molar-refractivity contribution >= 4 is 29.5 Å². The lowest BCUT2D eigenvalue weighted by atomic mass is 10.1. The van der Waals surface area contributed by atoms with Gasteiger partial charge >= 0.3 is 11.8 Å².